The van der Waals surface area contributed by atoms with E-state index in [9.17, 15) is 4.79 Å². The molecule has 174 valence electrons. The fourth-order valence-corrected chi connectivity index (χ4v) is 4.52. The molecule has 0 aliphatic carbocycles. The van der Waals surface area contributed by atoms with E-state index in [2.05, 4.69) is 55.8 Å². The van der Waals surface area contributed by atoms with Gasteiger partial charge < -0.3 is 19.9 Å². The summed E-state index contributed by atoms with van der Waals surface area (Å²) in [6.45, 7) is 8.43. The molecule has 2 heterocycles. The molecule has 1 aromatic heterocycles. The summed E-state index contributed by atoms with van der Waals surface area (Å²) in [7, 11) is 0. The van der Waals surface area contributed by atoms with Crippen LogP contribution in [0.1, 0.15) is 44.6 Å². The van der Waals surface area contributed by atoms with Crippen LogP contribution < -0.4 is 5.73 Å². The van der Waals surface area contributed by atoms with Crippen molar-refractivity contribution in [1.82, 2.24) is 14.5 Å². The third-order valence-electron chi connectivity index (χ3n) is 6.10. The van der Waals surface area contributed by atoms with E-state index in [0.717, 1.165) is 17.1 Å². The Bertz CT molecular complexity index is 1060. The van der Waals surface area contributed by atoms with Crippen LogP contribution in [0.25, 0.3) is 11.3 Å². The quantitative estimate of drug-likeness (QED) is 0.614. The zero-order valence-corrected chi connectivity index (χ0v) is 19.8. The molecular formula is C27H34N4O2. The van der Waals surface area contributed by atoms with Gasteiger partial charge in [-0.1, -0.05) is 81.4 Å². The molecule has 0 spiro atoms. The van der Waals surface area contributed by atoms with Gasteiger partial charge in [-0.05, 0) is 11.0 Å². The fourth-order valence-electron chi connectivity index (χ4n) is 4.52. The number of ether oxygens (including phenoxy) is 1. The molecule has 2 N–H and O–H groups in total. The van der Waals surface area contributed by atoms with Gasteiger partial charge >= 0.3 is 0 Å². The number of nitrogens with two attached hydrogens (primary N) is 1. The second kappa shape index (κ2) is 9.89. The minimum atomic E-state index is -0.243. The Kier molecular flexibility index (Phi) is 6.96. The summed E-state index contributed by atoms with van der Waals surface area (Å²) in [6, 6.07) is 20.3. The van der Waals surface area contributed by atoms with Gasteiger partial charge in [0, 0.05) is 31.4 Å². The molecule has 2 atom stereocenters. The summed E-state index contributed by atoms with van der Waals surface area (Å²) in [5.41, 5.74) is 8.87. The Morgan fingerprint density at radius 3 is 2.39 bits per heavy atom. The summed E-state index contributed by atoms with van der Waals surface area (Å²) in [5.74, 6) is 0.970. The number of imidazole rings is 1. The van der Waals surface area contributed by atoms with E-state index in [1.54, 1.807) is 0 Å². The van der Waals surface area contributed by atoms with E-state index in [-0.39, 0.29) is 23.5 Å². The monoisotopic (exact) mass is 446 g/mol. The first-order valence-electron chi connectivity index (χ1n) is 11.6. The van der Waals surface area contributed by atoms with E-state index in [1.807, 2.05) is 41.3 Å². The molecule has 0 unspecified atom stereocenters. The molecule has 2 aromatic carbocycles. The van der Waals surface area contributed by atoms with Gasteiger partial charge in [-0.15, -0.1) is 0 Å². The molecule has 1 fully saturated rings. The number of carbonyl (C=O) groups excluding carboxylic acids is 1. The average molecular weight is 447 g/mol. The molecule has 3 aromatic rings. The highest BCUT2D eigenvalue weighted by atomic mass is 16.5. The highest BCUT2D eigenvalue weighted by molar-refractivity contribution is 5.77. The predicted molar refractivity (Wildman–Crippen MR) is 131 cm³/mol. The van der Waals surface area contributed by atoms with E-state index >= 15 is 0 Å². The molecule has 6 nitrogen and oxygen atoms in total. The van der Waals surface area contributed by atoms with Crippen LogP contribution >= 0.6 is 0 Å². The third kappa shape index (κ3) is 5.34. The lowest BCUT2D eigenvalue weighted by Gasteiger charge is -2.40. The highest BCUT2D eigenvalue weighted by Crippen LogP contribution is 2.40. The third-order valence-corrected chi connectivity index (χ3v) is 6.10. The zero-order chi connectivity index (χ0) is 23.4. The number of hydrogen-bond acceptors (Lipinski definition) is 4. The molecule has 1 amide bonds. The summed E-state index contributed by atoms with van der Waals surface area (Å²) in [6.07, 6.45) is 2.29. The number of rotatable bonds is 6. The van der Waals surface area contributed by atoms with Gasteiger partial charge in [0.1, 0.15) is 5.82 Å². The van der Waals surface area contributed by atoms with Crippen molar-refractivity contribution >= 4 is 5.91 Å². The number of benzene rings is 2. The smallest absolute Gasteiger partial charge is 0.225 e. The molecule has 1 aliphatic rings. The maximum Gasteiger partial charge on any atom is 0.225 e. The molecule has 6 heteroatoms. The summed E-state index contributed by atoms with van der Waals surface area (Å²) in [5, 5.41) is 0. The molecule has 4 rings (SSSR count). The van der Waals surface area contributed by atoms with Crippen molar-refractivity contribution in [2.45, 2.75) is 45.9 Å². The number of nitrogens with zero attached hydrogens (tertiary/aromatic N) is 3. The SMILES string of the molecule is CC(C)(C)[C@H](c1nc(-c2ccccc2)cn1Cc1ccccc1)N1C[C@@H](CN)OCCC1=O. The minimum absolute atomic E-state index is 0.0846. The van der Waals surface area contributed by atoms with Gasteiger partial charge in [0.25, 0.3) is 0 Å². The van der Waals surface area contributed by atoms with Crippen molar-refractivity contribution < 1.29 is 9.53 Å². The fraction of sp³-hybridized carbons (Fsp3) is 0.407. The Labute approximate surface area is 196 Å². The van der Waals surface area contributed by atoms with Crippen LogP contribution in [0, 0.1) is 5.41 Å². The van der Waals surface area contributed by atoms with Gasteiger partial charge in [0.05, 0.1) is 30.9 Å². The maximum atomic E-state index is 13.3. The van der Waals surface area contributed by atoms with Crippen molar-refractivity contribution in [1.29, 1.82) is 0 Å². The van der Waals surface area contributed by atoms with Crippen LogP contribution in [0.2, 0.25) is 0 Å². The van der Waals surface area contributed by atoms with Crippen LogP contribution in [0.4, 0.5) is 0 Å². The van der Waals surface area contributed by atoms with Gasteiger partial charge in [0.15, 0.2) is 0 Å². The second-order valence-corrected chi connectivity index (χ2v) is 9.76. The molecular weight excluding hydrogens is 412 g/mol. The largest absolute Gasteiger partial charge is 0.375 e. The van der Waals surface area contributed by atoms with E-state index < -0.39 is 0 Å². The normalized spacial score (nSPS) is 18.2. The molecule has 1 aliphatic heterocycles. The molecule has 33 heavy (non-hydrogen) atoms. The Morgan fingerprint density at radius 2 is 1.76 bits per heavy atom. The predicted octanol–water partition coefficient (Wildman–Crippen LogP) is 4.26. The number of amides is 1. The van der Waals surface area contributed by atoms with Crippen LogP contribution in [0.15, 0.2) is 66.9 Å². The Balaban J connectivity index is 1.83. The van der Waals surface area contributed by atoms with E-state index in [4.69, 9.17) is 15.5 Å². The maximum absolute atomic E-state index is 13.3. The molecule has 0 saturated carbocycles. The van der Waals surface area contributed by atoms with Gasteiger partial charge in [-0.25, -0.2) is 4.98 Å². The summed E-state index contributed by atoms with van der Waals surface area (Å²) < 4.78 is 8.04. The number of hydrogen-bond donors (Lipinski definition) is 1. The van der Waals surface area contributed by atoms with E-state index in [1.165, 1.54) is 5.56 Å². The van der Waals surface area contributed by atoms with Crippen molar-refractivity contribution in [3.8, 4) is 11.3 Å². The standard InChI is InChI=1S/C27H34N4O2/c1-27(2,3)25(31-18-22(16-28)33-15-14-24(31)32)26-29-23(21-12-8-5-9-13-21)19-30(26)17-20-10-6-4-7-11-20/h4-13,19,22,25H,14-18,28H2,1-3H3/t22-,25+/m1/s1. The van der Waals surface area contributed by atoms with Gasteiger partial charge in [0.2, 0.25) is 5.91 Å². The van der Waals surface area contributed by atoms with Crippen LogP contribution in [0.5, 0.6) is 0 Å². The van der Waals surface area contributed by atoms with Crippen LogP contribution in [-0.4, -0.2) is 46.2 Å². The first-order chi connectivity index (χ1) is 15.9. The lowest BCUT2D eigenvalue weighted by atomic mass is 9.84. The molecule has 1 saturated heterocycles. The first-order valence-corrected chi connectivity index (χ1v) is 11.6. The van der Waals surface area contributed by atoms with Crippen molar-refractivity contribution in [3.63, 3.8) is 0 Å². The lowest BCUT2D eigenvalue weighted by molar-refractivity contribution is -0.136. The highest BCUT2D eigenvalue weighted by Gasteiger charge is 2.40. The summed E-state index contributed by atoms with van der Waals surface area (Å²) >= 11 is 0. The lowest BCUT2D eigenvalue weighted by Crippen LogP contribution is -2.46. The van der Waals surface area contributed by atoms with Gasteiger partial charge in [-0.2, -0.15) is 0 Å². The second-order valence-electron chi connectivity index (χ2n) is 9.76. The van der Waals surface area contributed by atoms with Gasteiger partial charge in [-0.3, -0.25) is 4.79 Å². The topological polar surface area (TPSA) is 73.4 Å². The zero-order valence-electron chi connectivity index (χ0n) is 19.8. The average Bonchev–Trinajstić information content (AvgIpc) is 3.11. The molecule has 0 bridgehead atoms. The Hall–Kier alpha value is -2.96. The Morgan fingerprint density at radius 1 is 1.09 bits per heavy atom. The minimum Gasteiger partial charge on any atom is -0.375 e. The van der Waals surface area contributed by atoms with E-state index in [0.29, 0.717) is 32.7 Å². The number of carbonyl (C=O) groups is 1. The van der Waals surface area contributed by atoms with Crippen LogP contribution in [-0.2, 0) is 16.1 Å². The first kappa shape index (κ1) is 23.2. The van der Waals surface area contributed by atoms with Crippen molar-refractivity contribution in [2.75, 3.05) is 19.7 Å². The summed E-state index contributed by atoms with van der Waals surface area (Å²) in [4.78, 5) is 20.3. The van der Waals surface area contributed by atoms with Crippen molar-refractivity contribution in [3.05, 3.63) is 78.2 Å². The molecule has 0 radical (unpaired) electrons. The van der Waals surface area contributed by atoms with Crippen LogP contribution in [0.3, 0.4) is 0 Å². The number of aromatic nitrogens is 2. The van der Waals surface area contributed by atoms with Crippen molar-refractivity contribution in [2.24, 2.45) is 11.1 Å².